The van der Waals surface area contributed by atoms with Crippen molar-refractivity contribution in [1.29, 1.82) is 0 Å². The minimum Gasteiger partial charge on any atom is -0.313 e. The summed E-state index contributed by atoms with van der Waals surface area (Å²) in [7, 11) is 0. The van der Waals surface area contributed by atoms with Gasteiger partial charge in [0.05, 0.1) is 5.92 Å². The van der Waals surface area contributed by atoms with E-state index in [-0.39, 0.29) is 6.04 Å². The van der Waals surface area contributed by atoms with Crippen LogP contribution in [0.2, 0.25) is 0 Å². The van der Waals surface area contributed by atoms with Crippen LogP contribution in [0, 0.1) is 11.8 Å². The Morgan fingerprint density at radius 1 is 1.00 bits per heavy atom. The molecule has 0 radical (unpaired) electrons. The van der Waals surface area contributed by atoms with Crippen molar-refractivity contribution >= 4 is 0 Å². The lowest BCUT2D eigenvalue weighted by Crippen LogP contribution is -2.48. The number of halogens is 3. The zero-order valence-corrected chi connectivity index (χ0v) is 9.52. The molecular weight excluding hydrogens is 215 g/mol. The summed E-state index contributed by atoms with van der Waals surface area (Å²) >= 11 is 0. The number of hydrogen-bond donors (Lipinski definition) is 1. The van der Waals surface area contributed by atoms with Gasteiger partial charge >= 0.3 is 6.18 Å². The topological polar surface area (TPSA) is 12.0 Å². The monoisotopic (exact) mass is 235 g/mol. The van der Waals surface area contributed by atoms with E-state index in [0.29, 0.717) is 18.8 Å². The van der Waals surface area contributed by atoms with E-state index in [1.807, 2.05) is 0 Å². The average molecular weight is 235 g/mol. The van der Waals surface area contributed by atoms with Gasteiger partial charge in [-0.05, 0) is 31.7 Å². The summed E-state index contributed by atoms with van der Waals surface area (Å²) in [6.07, 6.45) is 2.34. The summed E-state index contributed by atoms with van der Waals surface area (Å²) in [4.78, 5) is 0. The maximum atomic E-state index is 12.8. The molecule has 1 aliphatic carbocycles. The minimum atomic E-state index is -4.02. The van der Waals surface area contributed by atoms with Crippen molar-refractivity contribution in [2.45, 2.75) is 57.2 Å². The second kappa shape index (κ2) is 4.94. The second-order valence-corrected chi connectivity index (χ2v) is 5.24. The molecule has 2 rings (SSSR count). The van der Waals surface area contributed by atoms with Gasteiger partial charge < -0.3 is 5.32 Å². The lowest BCUT2D eigenvalue weighted by atomic mass is 9.84. The van der Waals surface area contributed by atoms with Crippen LogP contribution in [0.4, 0.5) is 13.2 Å². The van der Waals surface area contributed by atoms with Crippen LogP contribution in [0.25, 0.3) is 0 Å². The summed E-state index contributed by atoms with van der Waals surface area (Å²) in [5, 5.41) is 3.08. The van der Waals surface area contributed by atoms with Crippen LogP contribution in [0.5, 0.6) is 0 Å². The molecule has 0 spiro atoms. The Morgan fingerprint density at radius 2 is 1.69 bits per heavy atom. The molecule has 4 heteroatoms. The van der Waals surface area contributed by atoms with Gasteiger partial charge in [0.1, 0.15) is 0 Å². The molecule has 0 aromatic carbocycles. The molecule has 1 saturated heterocycles. The summed E-state index contributed by atoms with van der Waals surface area (Å²) < 4.78 is 38.5. The van der Waals surface area contributed by atoms with E-state index in [2.05, 4.69) is 5.32 Å². The fraction of sp³-hybridized carbons (Fsp3) is 1.00. The van der Waals surface area contributed by atoms with E-state index < -0.39 is 12.1 Å². The Balaban J connectivity index is 1.93. The van der Waals surface area contributed by atoms with Crippen LogP contribution in [0.3, 0.4) is 0 Å². The molecule has 1 nitrogen and oxygen atoms in total. The number of piperidine rings is 1. The first-order valence-electron chi connectivity index (χ1n) is 6.37. The molecular formula is C12H20F3N. The maximum Gasteiger partial charge on any atom is 0.393 e. The fourth-order valence-corrected chi connectivity index (χ4v) is 3.20. The first-order valence-corrected chi connectivity index (χ1v) is 6.37. The Hall–Kier alpha value is -0.250. The Morgan fingerprint density at radius 3 is 2.31 bits per heavy atom. The zero-order chi connectivity index (χ0) is 11.6. The van der Waals surface area contributed by atoms with Crippen molar-refractivity contribution < 1.29 is 13.2 Å². The molecule has 1 saturated carbocycles. The lowest BCUT2D eigenvalue weighted by molar-refractivity contribution is -0.189. The maximum absolute atomic E-state index is 12.8. The van der Waals surface area contributed by atoms with E-state index in [9.17, 15) is 13.2 Å². The van der Waals surface area contributed by atoms with Gasteiger partial charge in [-0.15, -0.1) is 0 Å². The summed E-state index contributed by atoms with van der Waals surface area (Å²) in [6, 6.07) is -0.322. The van der Waals surface area contributed by atoms with Crippen LogP contribution in [-0.2, 0) is 0 Å². The van der Waals surface area contributed by atoms with Crippen molar-refractivity contribution in [1.82, 2.24) is 5.32 Å². The molecule has 2 aliphatic rings. The third-order valence-electron chi connectivity index (χ3n) is 4.07. The molecule has 94 valence electrons. The Labute approximate surface area is 94.8 Å². The highest BCUT2D eigenvalue weighted by molar-refractivity contribution is 4.88. The average Bonchev–Trinajstić information content (AvgIpc) is 2.70. The number of rotatable bonds is 2. The number of alkyl halides is 3. The van der Waals surface area contributed by atoms with Crippen LogP contribution in [0.1, 0.15) is 44.9 Å². The molecule has 1 heterocycles. The third kappa shape index (κ3) is 2.90. The number of hydrogen-bond acceptors (Lipinski definition) is 1. The van der Waals surface area contributed by atoms with E-state index in [1.165, 1.54) is 12.8 Å². The normalized spacial score (nSPS) is 33.2. The molecule has 2 fully saturated rings. The van der Waals surface area contributed by atoms with Gasteiger partial charge in [0.2, 0.25) is 0 Å². The van der Waals surface area contributed by atoms with Gasteiger partial charge in [-0.3, -0.25) is 0 Å². The molecule has 0 aromatic heterocycles. The fourth-order valence-electron chi connectivity index (χ4n) is 3.20. The van der Waals surface area contributed by atoms with Crippen LogP contribution < -0.4 is 5.32 Å². The van der Waals surface area contributed by atoms with E-state index in [1.54, 1.807) is 0 Å². The van der Waals surface area contributed by atoms with Crippen LogP contribution in [-0.4, -0.2) is 18.8 Å². The standard InChI is InChI=1S/C12H20F3N/c13-12(14,15)10-6-3-7-16-11(10)8-9-4-1-2-5-9/h9-11,16H,1-8H2. The van der Waals surface area contributed by atoms with E-state index >= 15 is 0 Å². The molecule has 1 N–H and O–H groups in total. The molecule has 2 atom stereocenters. The van der Waals surface area contributed by atoms with Gasteiger partial charge in [0.15, 0.2) is 0 Å². The highest BCUT2D eigenvalue weighted by Gasteiger charge is 2.45. The Bertz CT molecular complexity index is 221. The molecule has 0 amide bonds. The van der Waals surface area contributed by atoms with Crippen molar-refractivity contribution in [3.8, 4) is 0 Å². The van der Waals surface area contributed by atoms with Crippen molar-refractivity contribution in [2.24, 2.45) is 11.8 Å². The van der Waals surface area contributed by atoms with Gasteiger partial charge in [-0.25, -0.2) is 0 Å². The summed E-state index contributed by atoms with van der Waals surface area (Å²) in [5.41, 5.74) is 0. The smallest absolute Gasteiger partial charge is 0.313 e. The third-order valence-corrected chi connectivity index (χ3v) is 4.07. The largest absolute Gasteiger partial charge is 0.393 e. The van der Waals surface area contributed by atoms with Crippen molar-refractivity contribution in [2.75, 3.05) is 6.54 Å². The number of nitrogens with one attached hydrogen (secondary N) is 1. The lowest BCUT2D eigenvalue weighted by Gasteiger charge is -2.35. The van der Waals surface area contributed by atoms with Gasteiger partial charge in [-0.2, -0.15) is 13.2 Å². The molecule has 0 aromatic rings. The highest BCUT2D eigenvalue weighted by Crippen LogP contribution is 2.38. The second-order valence-electron chi connectivity index (χ2n) is 5.24. The quantitative estimate of drug-likeness (QED) is 0.772. The summed E-state index contributed by atoms with van der Waals surface area (Å²) in [5.74, 6) is -0.581. The van der Waals surface area contributed by atoms with Crippen molar-refractivity contribution in [3.05, 3.63) is 0 Å². The molecule has 16 heavy (non-hydrogen) atoms. The van der Waals surface area contributed by atoms with E-state index in [4.69, 9.17) is 0 Å². The Kier molecular flexibility index (Phi) is 3.77. The van der Waals surface area contributed by atoms with E-state index in [0.717, 1.165) is 25.8 Å². The first-order chi connectivity index (χ1) is 7.57. The molecule has 2 unspecified atom stereocenters. The van der Waals surface area contributed by atoms with Gasteiger partial charge in [0, 0.05) is 6.04 Å². The van der Waals surface area contributed by atoms with Gasteiger partial charge in [0.25, 0.3) is 0 Å². The summed E-state index contributed by atoms with van der Waals surface area (Å²) in [6.45, 7) is 0.754. The zero-order valence-electron chi connectivity index (χ0n) is 9.52. The molecule has 1 aliphatic heterocycles. The molecule has 0 bridgehead atoms. The predicted octanol–water partition coefficient (Wildman–Crippen LogP) is 3.50. The SMILES string of the molecule is FC(F)(F)C1CCCNC1CC1CCCC1. The first kappa shape index (κ1) is 12.2. The van der Waals surface area contributed by atoms with Crippen LogP contribution in [0.15, 0.2) is 0 Å². The van der Waals surface area contributed by atoms with Crippen LogP contribution >= 0.6 is 0 Å². The minimum absolute atomic E-state index is 0.313. The predicted molar refractivity (Wildman–Crippen MR) is 57.1 cm³/mol. The highest BCUT2D eigenvalue weighted by atomic mass is 19.4. The van der Waals surface area contributed by atoms with Crippen molar-refractivity contribution in [3.63, 3.8) is 0 Å². The van der Waals surface area contributed by atoms with Gasteiger partial charge in [-0.1, -0.05) is 25.7 Å².